The first-order chi connectivity index (χ1) is 12.6. The predicted octanol–water partition coefficient (Wildman–Crippen LogP) is 5.04. The summed E-state index contributed by atoms with van der Waals surface area (Å²) in [5.41, 5.74) is 4.54. The van der Waals surface area contributed by atoms with E-state index in [2.05, 4.69) is 52.1 Å². The third kappa shape index (κ3) is 2.86. The van der Waals surface area contributed by atoms with Crippen LogP contribution in [0.15, 0.2) is 59.1 Å². The van der Waals surface area contributed by atoms with Crippen LogP contribution >= 0.6 is 15.9 Å². The Bertz CT molecular complexity index is 949. The van der Waals surface area contributed by atoms with Crippen molar-refractivity contribution >= 4 is 21.8 Å². The van der Waals surface area contributed by atoms with E-state index in [0.29, 0.717) is 18.2 Å². The van der Waals surface area contributed by atoms with Crippen molar-refractivity contribution in [3.05, 3.63) is 75.9 Å². The van der Waals surface area contributed by atoms with Crippen LogP contribution in [0.1, 0.15) is 41.5 Å². The van der Waals surface area contributed by atoms with Crippen molar-refractivity contribution in [2.45, 2.75) is 19.9 Å². The maximum absolute atomic E-state index is 13.1. The minimum Gasteiger partial charge on any atom is -0.326 e. The number of amides is 1. The molecule has 0 fully saturated rings. The molecule has 1 aliphatic rings. The normalized spacial score (nSPS) is 16.4. The monoisotopic (exact) mass is 409 g/mol. The third-order valence-electron chi connectivity index (χ3n) is 4.64. The molecule has 1 aliphatic heterocycles. The van der Waals surface area contributed by atoms with Gasteiger partial charge in [-0.15, -0.1) is 0 Å². The molecule has 1 N–H and O–H groups in total. The summed E-state index contributed by atoms with van der Waals surface area (Å²) >= 11 is 3.56. The Morgan fingerprint density at radius 1 is 1.15 bits per heavy atom. The van der Waals surface area contributed by atoms with Crippen molar-refractivity contribution in [3.63, 3.8) is 0 Å². The van der Waals surface area contributed by atoms with E-state index in [1.807, 2.05) is 47.4 Å². The molecule has 0 spiro atoms. The van der Waals surface area contributed by atoms with E-state index in [-0.39, 0.29) is 11.9 Å². The average molecular weight is 410 g/mol. The van der Waals surface area contributed by atoms with E-state index in [9.17, 15) is 4.79 Å². The topological polar surface area (TPSA) is 49.0 Å². The zero-order valence-electron chi connectivity index (χ0n) is 14.7. The Morgan fingerprint density at radius 2 is 1.92 bits per heavy atom. The molecule has 0 aliphatic carbocycles. The van der Waals surface area contributed by atoms with Crippen molar-refractivity contribution in [1.82, 2.24) is 15.1 Å². The Labute approximate surface area is 161 Å². The maximum atomic E-state index is 13.1. The average Bonchev–Trinajstić information content (AvgIpc) is 3.15. The lowest BCUT2D eigenvalue weighted by molar-refractivity contribution is 0.0722. The standard InChI is InChI=1S/C21H20BrN3O/c1-13(2)12-25-20(15-9-6-10-16(22)11-15)17-18(14-7-4-3-5-8-14)23-24-19(17)21(25)26/h3-11,13,20H,12H2,1-2H3,(H,23,24). The van der Waals surface area contributed by atoms with Gasteiger partial charge >= 0.3 is 0 Å². The zero-order chi connectivity index (χ0) is 18.3. The predicted molar refractivity (Wildman–Crippen MR) is 106 cm³/mol. The lowest BCUT2D eigenvalue weighted by Gasteiger charge is -2.28. The number of rotatable bonds is 4. The van der Waals surface area contributed by atoms with Gasteiger partial charge in [-0.2, -0.15) is 5.10 Å². The lowest BCUT2D eigenvalue weighted by atomic mass is 9.96. The number of benzene rings is 2. The van der Waals surface area contributed by atoms with Gasteiger partial charge in [0.05, 0.1) is 11.7 Å². The van der Waals surface area contributed by atoms with Gasteiger partial charge in [0.2, 0.25) is 0 Å². The molecule has 1 atom stereocenters. The van der Waals surface area contributed by atoms with E-state index in [0.717, 1.165) is 26.9 Å². The lowest BCUT2D eigenvalue weighted by Crippen LogP contribution is -2.32. The summed E-state index contributed by atoms with van der Waals surface area (Å²) in [4.78, 5) is 15.0. The number of fused-ring (bicyclic) bond motifs is 1. The highest BCUT2D eigenvalue weighted by Crippen LogP contribution is 2.43. The number of aromatic nitrogens is 2. The highest BCUT2D eigenvalue weighted by Gasteiger charge is 2.42. The fraction of sp³-hybridized carbons (Fsp3) is 0.238. The van der Waals surface area contributed by atoms with E-state index < -0.39 is 0 Å². The zero-order valence-corrected chi connectivity index (χ0v) is 16.3. The molecule has 0 saturated carbocycles. The highest BCUT2D eigenvalue weighted by atomic mass is 79.9. The molecule has 4 nitrogen and oxygen atoms in total. The number of nitrogens with one attached hydrogen (secondary N) is 1. The van der Waals surface area contributed by atoms with Crippen LogP contribution in [0.2, 0.25) is 0 Å². The van der Waals surface area contributed by atoms with Crippen LogP contribution in [-0.4, -0.2) is 27.5 Å². The molecule has 4 rings (SSSR count). The van der Waals surface area contributed by atoms with Crippen LogP contribution in [0.5, 0.6) is 0 Å². The van der Waals surface area contributed by atoms with Crippen LogP contribution in [0.25, 0.3) is 11.3 Å². The summed E-state index contributed by atoms with van der Waals surface area (Å²) in [5.74, 6) is 0.402. The first kappa shape index (κ1) is 17.0. The molecule has 26 heavy (non-hydrogen) atoms. The van der Waals surface area contributed by atoms with Crippen LogP contribution in [0.4, 0.5) is 0 Å². The molecule has 0 bridgehead atoms. The molecule has 1 aromatic heterocycles. The van der Waals surface area contributed by atoms with Crippen LogP contribution < -0.4 is 0 Å². The number of H-pyrrole nitrogens is 1. The van der Waals surface area contributed by atoms with Gasteiger partial charge in [0.25, 0.3) is 5.91 Å². The maximum Gasteiger partial charge on any atom is 0.273 e. The third-order valence-corrected chi connectivity index (χ3v) is 5.13. The molecule has 0 saturated heterocycles. The Kier molecular flexibility index (Phi) is 4.41. The van der Waals surface area contributed by atoms with E-state index >= 15 is 0 Å². The van der Waals surface area contributed by atoms with Crippen molar-refractivity contribution in [2.24, 2.45) is 5.92 Å². The summed E-state index contributed by atoms with van der Waals surface area (Å²) in [6.45, 7) is 4.97. The van der Waals surface area contributed by atoms with Crippen molar-refractivity contribution in [3.8, 4) is 11.3 Å². The van der Waals surface area contributed by atoms with Gasteiger partial charge in [0.15, 0.2) is 0 Å². The van der Waals surface area contributed by atoms with E-state index in [1.165, 1.54) is 0 Å². The summed E-state index contributed by atoms with van der Waals surface area (Å²) in [6, 6.07) is 18.1. The second-order valence-electron chi connectivity index (χ2n) is 7.04. The first-order valence-electron chi connectivity index (χ1n) is 8.76. The van der Waals surface area contributed by atoms with Crippen molar-refractivity contribution < 1.29 is 4.79 Å². The minimum atomic E-state index is -0.133. The fourth-order valence-corrected chi connectivity index (χ4v) is 4.03. The summed E-state index contributed by atoms with van der Waals surface area (Å²) in [7, 11) is 0. The number of nitrogens with zero attached hydrogens (tertiary/aromatic N) is 2. The fourth-order valence-electron chi connectivity index (χ4n) is 3.62. The van der Waals surface area contributed by atoms with Gasteiger partial charge < -0.3 is 4.90 Å². The molecule has 1 unspecified atom stereocenters. The summed E-state index contributed by atoms with van der Waals surface area (Å²) in [6.07, 6.45) is 0. The smallest absolute Gasteiger partial charge is 0.273 e. The van der Waals surface area contributed by atoms with Gasteiger partial charge in [0, 0.05) is 22.1 Å². The van der Waals surface area contributed by atoms with Crippen molar-refractivity contribution in [2.75, 3.05) is 6.54 Å². The van der Waals surface area contributed by atoms with Crippen LogP contribution in [-0.2, 0) is 0 Å². The molecule has 0 radical (unpaired) electrons. The number of aromatic amines is 1. The molecule has 132 valence electrons. The first-order valence-corrected chi connectivity index (χ1v) is 9.55. The van der Waals surface area contributed by atoms with E-state index in [1.54, 1.807) is 0 Å². The van der Waals surface area contributed by atoms with Crippen LogP contribution in [0.3, 0.4) is 0 Å². The molecule has 2 heterocycles. The molecule has 2 aromatic carbocycles. The quantitative estimate of drug-likeness (QED) is 0.655. The number of hydrogen-bond donors (Lipinski definition) is 1. The Morgan fingerprint density at radius 3 is 2.62 bits per heavy atom. The molecule has 1 amide bonds. The SMILES string of the molecule is CC(C)CN1C(=O)c2[nH]nc(-c3ccccc3)c2C1c1cccc(Br)c1. The van der Waals surface area contributed by atoms with Gasteiger partial charge in [-0.05, 0) is 23.6 Å². The molecule has 3 aromatic rings. The number of hydrogen-bond acceptors (Lipinski definition) is 2. The molecular formula is C21H20BrN3O. The largest absolute Gasteiger partial charge is 0.326 e. The number of halogens is 1. The van der Waals surface area contributed by atoms with Gasteiger partial charge in [-0.25, -0.2) is 0 Å². The van der Waals surface area contributed by atoms with Gasteiger partial charge in [-0.1, -0.05) is 72.2 Å². The summed E-state index contributed by atoms with van der Waals surface area (Å²) in [5, 5.41) is 7.49. The van der Waals surface area contributed by atoms with E-state index in [4.69, 9.17) is 0 Å². The Hall–Kier alpha value is -2.40. The van der Waals surface area contributed by atoms with Crippen LogP contribution in [0, 0.1) is 5.92 Å². The number of carbonyl (C=O) groups is 1. The number of carbonyl (C=O) groups excluding carboxylic acids is 1. The molecule has 5 heteroatoms. The molecular weight excluding hydrogens is 390 g/mol. The second-order valence-corrected chi connectivity index (χ2v) is 7.95. The minimum absolute atomic E-state index is 0.0216. The van der Waals surface area contributed by atoms with Gasteiger partial charge in [-0.3, -0.25) is 9.89 Å². The van der Waals surface area contributed by atoms with Gasteiger partial charge in [0.1, 0.15) is 5.69 Å². The van der Waals surface area contributed by atoms with Crippen molar-refractivity contribution in [1.29, 1.82) is 0 Å². The second kappa shape index (κ2) is 6.72. The summed E-state index contributed by atoms with van der Waals surface area (Å²) < 4.78 is 1.00. The highest BCUT2D eigenvalue weighted by molar-refractivity contribution is 9.10. The Balaban J connectivity index is 1.90.